The van der Waals surface area contributed by atoms with Crippen LogP contribution < -0.4 is 5.32 Å². The standard InChI is InChI=1S/C14H16FIN4O/c1-9(20-6-4-17-5-7-20)13-18-14(21-19-13)11-3-2-10(15)8-12(11)16/h2-3,8-9,17H,4-7H2,1H3. The fraction of sp³-hybridized carbons (Fsp3) is 0.429. The average Bonchev–Trinajstić information content (AvgIpc) is 2.97. The largest absolute Gasteiger partial charge is 0.334 e. The number of benzene rings is 1. The number of hydrogen-bond acceptors (Lipinski definition) is 5. The Hall–Kier alpha value is -1.06. The van der Waals surface area contributed by atoms with Crippen molar-refractivity contribution in [1.82, 2.24) is 20.4 Å². The summed E-state index contributed by atoms with van der Waals surface area (Å²) < 4.78 is 19.3. The minimum Gasteiger partial charge on any atom is -0.334 e. The maximum absolute atomic E-state index is 13.2. The summed E-state index contributed by atoms with van der Waals surface area (Å²) in [7, 11) is 0. The van der Waals surface area contributed by atoms with Gasteiger partial charge in [-0.3, -0.25) is 4.90 Å². The quantitative estimate of drug-likeness (QED) is 0.800. The lowest BCUT2D eigenvalue weighted by Crippen LogP contribution is -2.44. The minimum absolute atomic E-state index is 0.114. The third kappa shape index (κ3) is 3.24. The Morgan fingerprint density at radius 3 is 2.86 bits per heavy atom. The van der Waals surface area contributed by atoms with Crippen molar-refractivity contribution in [3.05, 3.63) is 33.4 Å². The molecule has 1 aromatic carbocycles. The maximum Gasteiger partial charge on any atom is 0.259 e. The fourth-order valence-corrected chi connectivity index (χ4v) is 3.12. The molecule has 0 radical (unpaired) electrons. The molecular formula is C14H16FIN4O. The van der Waals surface area contributed by atoms with Crippen LogP contribution in [0.15, 0.2) is 22.7 Å². The van der Waals surface area contributed by atoms with Gasteiger partial charge in [0.15, 0.2) is 5.82 Å². The Morgan fingerprint density at radius 1 is 1.38 bits per heavy atom. The van der Waals surface area contributed by atoms with Gasteiger partial charge in [-0.2, -0.15) is 4.98 Å². The fourth-order valence-electron chi connectivity index (χ4n) is 2.41. The van der Waals surface area contributed by atoms with Crippen LogP contribution in [0.2, 0.25) is 0 Å². The first-order valence-corrected chi connectivity index (χ1v) is 7.97. The van der Waals surface area contributed by atoms with Gasteiger partial charge in [0.05, 0.1) is 11.6 Å². The Labute approximate surface area is 136 Å². The second-order valence-electron chi connectivity index (χ2n) is 5.04. The third-order valence-electron chi connectivity index (χ3n) is 3.68. The van der Waals surface area contributed by atoms with E-state index < -0.39 is 0 Å². The first kappa shape index (κ1) is 14.9. The van der Waals surface area contributed by atoms with E-state index in [1.165, 1.54) is 12.1 Å². The van der Waals surface area contributed by atoms with E-state index in [-0.39, 0.29) is 11.9 Å². The molecule has 0 amide bonds. The molecule has 0 aliphatic carbocycles. The summed E-state index contributed by atoms with van der Waals surface area (Å²) in [6, 6.07) is 4.65. The van der Waals surface area contributed by atoms with Gasteiger partial charge in [0, 0.05) is 29.7 Å². The first-order chi connectivity index (χ1) is 10.1. The predicted molar refractivity (Wildman–Crippen MR) is 85.3 cm³/mol. The Kier molecular flexibility index (Phi) is 4.51. The number of piperazine rings is 1. The second-order valence-corrected chi connectivity index (χ2v) is 6.21. The van der Waals surface area contributed by atoms with E-state index in [1.807, 2.05) is 0 Å². The third-order valence-corrected chi connectivity index (χ3v) is 4.57. The lowest BCUT2D eigenvalue weighted by atomic mass is 10.2. The normalized spacial score (nSPS) is 17.9. The van der Waals surface area contributed by atoms with E-state index in [0.717, 1.165) is 35.3 Å². The lowest BCUT2D eigenvalue weighted by molar-refractivity contribution is 0.176. The van der Waals surface area contributed by atoms with Crippen LogP contribution in [0.1, 0.15) is 18.8 Å². The van der Waals surface area contributed by atoms with E-state index in [4.69, 9.17) is 4.52 Å². The molecule has 1 aromatic heterocycles. The van der Waals surface area contributed by atoms with Crippen molar-refractivity contribution in [2.45, 2.75) is 13.0 Å². The molecule has 1 saturated heterocycles. The van der Waals surface area contributed by atoms with Crippen LogP contribution in [0.4, 0.5) is 4.39 Å². The minimum atomic E-state index is -0.267. The van der Waals surface area contributed by atoms with E-state index >= 15 is 0 Å². The zero-order valence-corrected chi connectivity index (χ0v) is 13.8. The number of halogens is 2. The summed E-state index contributed by atoms with van der Waals surface area (Å²) in [6.45, 7) is 5.98. The highest BCUT2D eigenvalue weighted by Gasteiger charge is 2.23. The van der Waals surface area contributed by atoms with Gasteiger partial charge in [-0.1, -0.05) is 5.16 Å². The van der Waals surface area contributed by atoms with Gasteiger partial charge in [0.25, 0.3) is 5.89 Å². The summed E-state index contributed by atoms with van der Waals surface area (Å²) >= 11 is 2.07. The highest BCUT2D eigenvalue weighted by molar-refractivity contribution is 14.1. The zero-order valence-electron chi connectivity index (χ0n) is 11.6. The summed E-state index contributed by atoms with van der Waals surface area (Å²) in [5, 5.41) is 7.41. The van der Waals surface area contributed by atoms with Gasteiger partial charge in [-0.05, 0) is 47.7 Å². The van der Waals surface area contributed by atoms with Crippen molar-refractivity contribution in [1.29, 1.82) is 0 Å². The van der Waals surface area contributed by atoms with Gasteiger partial charge >= 0.3 is 0 Å². The summed E-state index contributed by atoms with van der Waals surface area (Å²) in [5.74, 6) is 0.848. The monoisotopic (exact) mass is 402 g/mol. The predicted octanol–water partition coefficient (Wildman–Crippen LogP) is 2.45. The smallest absolute Gasteiger partial charge is 0.259 e. The van der Waals surface area contributed by atoms with Gasteiger partial charge < -0.3 is 9.84 Å². The molecule has 1 atom stereocenters. The molecule has 2 aromatic rings. The molecule has 7 heteroatoms. The molecule has 1 aliphatic heterocycles. The van der Waals surface area contributed by atoms with Crippen molar-refractivity contribution in [2.24, 2.45) is 0 Å². The second kappa shape index (κ2) is 6.37. The molecule has 0 spiro atoms. The molecule has 21 heavy (non-hydrogen) atoms. The van der Waals surface area contributed by atoms with E-state index in [0.29, 0.717) is 11.7 Å². The van der Waals surface area contributed by atoms with E-state index in [9.17, 15) is 4.39 Å². The lowest BCUT2D eigenvalue weighted by Gasteiger charge is -2.30. The van der Waals surface area contributed by atoms with Crippen LogP contribution >= 0.6 is 22.6 Å². The van der Waals surface area contributed by atoms with Crippen molar-refractivity contribution in [3.8, 4) is 11.5 Å². The molecule has 1 fully saturated rings. The Balaban J connectivity index is 1.82. The number of aromatic nitrogens is 2. The molecule has 1 aliphatic rings. The summed E-state index contributed by atoms with van der Waals surface area (Å²) in [4.78, 5) is 6.80. The number of rotatable bonds is 3. The number of nitrogens with one attached hydrogen (secondary N) is 1. The molecule has 2 heterocycles. The van der Waals surface area contributed by atoms with Crippen LogP contribution in [0.25, 0.3) is 11.5 Å². The van der Waals surface area contributed by atoms with E-state index in [2.05, 4.69) is 49.9 Å². The summed E-state index contributed by atoms with van der Waals surface area (Å²) in [6.07, 6.45) is 0. The maximum atomic E-state index is 13.2. The highest BCUT2D eigenvalue weighted by atomic mass is 127. The van der Waals surface area contributed by atoms with Crippen molar-refractivity contribution >= 4 is 22.6 Å². The van der Waals surface area contributed by atoms with Crippen LogP contribution in [-0.2, 0) is 0 Å². The van der Waals surface area contributed by atoms with Crippen molar-refractivity contribution in [2.75, 3.05) is 26.2 Å². The van der Waals surface area contributed by atoms with Gasteiger partial charge in [0.2, 0.25) is 0 Å². The highest BCUT2D eigenvalue weighted by Crippen LogP contribution is 2.26. The van der Waals surface area contributed by atoms with Crippen LogP contribution in [0.3, 0.4) is 0 Å². The number of hydrogen-bond donors (Lipinski definition) is 1. The molecular weight excluding hydrogens is 386 g/mol. The molecule has 3 rings (SSSR count). The Morgan fingerprint density at radius 2 is 2.14 bits per heavy atom. The topological polar surface area (TPSA) is 54.2 Å². The molecule has 0 saturated carbocycles. The van der Waals surface area contributed by atoms with Gasteiger partial charge in [-0.25, -0.2) is 4.39 Å². The number of nitrogens with zero attached hydrogens (tertiary/aromatic N) is 3. The molecule has 1 unspecified atom stereocenters. The summed E-state index contributed by atoms with van der Waals surface area (Å²) in [5.41, 5.74) is 0.767. The van der Waals surface area contributed by atoms with Gasteiger partial charge in [0.1, 0.15) is 5.82 Å². The first-order valence-electron chi connectivity index (χ1n) is 6.89. The average molecular weight is 402 g/mol. The van der Waals surface area contributed by atoms with Crippen LogP contribution in [0, 0.1) is 9.39 Å². The SMILES string of the molecule is CC(c1noc(-c2ccc(F)cc2I)n1)N1CCNCC1. The van der Waals surface area contributed by atoms with Crippen LogP contribution in [-0.4, -0.2) is 41.2 Å². The van der Waals surface area contributed by atoms with Gasteiger partial charge in [-0.15, -0.1) is 0 Å². The molecule has 112 valence electrons. The molecule has 0 bridgehead atoms. The zero-order chi connectivity index (χ0) is 14.8. The van der Waals surface area contributed by atoms with Crippen molar-refractivity contribution in [3.63, 3.8) is 0 Å². The van der Waals surface area contributed by atoms with Crippen LogP contribution in [0.5, 0.6) is 0 Å². The van der Waals surface area contributed by atoms with Crippen molar-refractivity contribution < 1.29 is 8.91 Å². The molecule has 5 nitrogen and oxygen atoms in total. The van der Waals surface area contributed by atoms with E-state index in [1.54, 1.807) is 6.07 Å². The Bertz CT molecular complexity index is 627. The molecule has 1 N–H and O–H groups in total.